The molecule has 1 spiro atoms. The van der Waals surface area contributed by atoms with Crippen molar-refractivity contribution in [1.29, 1.82) is 0 Å². The minimum absolute atomic E-state index is 0.0458. The predicted molar refractivity (Wildman–Crippen MR) is 113 cm³/mol. The number of carbonyl (C=O) groups excluding carboxylic acids is 1. The summed E-state index contributed by atoms with van der Waals surface area (Å²) in [6.07, 6.45) is 6.59. The molecule has 5 rings (SSSR count). The van der Waals surface area contributed by atoms with Crippen LogP contribution in [0.25, 0.3) is 10.2 Å². The van der Waals surface area contributed by atoms with E-state index in [-0.39, 0.29) is 11.4 Å². The smallest absolute Gasteiger partial charge is 0.225 e. The highest BCUT2D eigenvalue weighted by Gasteiger charge is 2.46. The third kappa shape index (κ3) is 3.18. The Bertz CT molecular complexity index is 1010. The molecular formula is C20H23N5OS2. The van der Waals surface area contributed by atoms with Crippen LogP contribution in [0.2, 0.25) is 0 Å². The molecule has 2 aliphatic heterocycles. The van der Waals surface area contributed by atoms with E-state index >= 15 is 0 Å². The Kier molecular flexibility index (Phi) is 4.55. The second-order valence-corrected chi connectivity index (χ2v) is 9.75. The van der Waals surface area contributed by atoms with Crippen molar-refractivity contribution in [3.05, 3.63) is 33.7 Å². The number of rotatable bonds is 3. The molecule has 0 N–H and O–H groups in total. The minimum Gasteiger partial charge on any atom is -0.341 e. The van der Waals surface area contributed by atoms with Crippen LogP contribution in [-0.2, 0) is 11.3 Å². The molecule has 146 valence electrons. The van der Waals surface area contributed by atoms with E-state index in [1.807, 2.05) is 13.1 Å². The van der Waals surface area contributed by atoms with Gasteiger partial charge in [0.15, 0.2) is 0 Å². The van der Waals surface area contributed by atoms with Crippen molar-refractivity contribution in [2.45, 2.75) is 51.1 Å². The maximum absolute atomic E-state index is 12.7. The monoisotopic (exact) mass is 413 g/mol. The summed E-state index contributed by atoms with van der Waals surface area (Å²) in [7, 11) is 0. The quantitative estimate of drug-likeness (QED) is 0.649. The summed E-state index contributed by atoms with van der Waals surface area (Å²) in [4.78, 5) is 31.1. The van der Waals surface area contributed by atoms with Crippen molar-refractivity contribution in [2.24, 2.45) is 0 Å². The van der Waals surface area contributed by atoms with Gasteiger partial charge in [0, 0.05) is 30.4 Å². The van der Waals surface area contributed by atoms with Crippen molar-refractivity contribution in [1.82, 2.24) is 19.9 Å². The number of anilines is 1. The number of fused-ring (bicyclic) bond motifs is 1. The van der Waals surface area contributed by atoms with Crippen LogP contribution >= 0.6 is 22.7 Å². The van der Waals surface area contributed by atoms with Crippen LogP contribution in [0.15, 0.2) is 23.0 Å². The number of aryl methyl sites for hydroxylation is 1. The van der Waals surface area contributed by atoms with Gasteiger partial charge in [0.1, 0.15) is 0 Å². The van der Waals surface area contributed by atoms with Gasteiger partial charge in [-0.05, 0) is 44.1 Å². The molecule has 2 saturated heterocycles. The minimum atomic E-state index is -0.0458. The zero-order valence-electron chi connectivity index (χ0n) is 15.9. The van der Waals surface area contributed by atoms with Crippen LogP contribution < -0.4 is 4.90 Å². The molecule has 28 heavy (non-hydrogen) atoms. The van der Waals surface area contributed by atoms with E-state index in [1.165, 1.54) is 0 Å². The van der Waals surface area contributed by atoms with Crippen LogP contribution in [0.3, 0.4) is 0 Å². The highest BCUT2D eigenvalue weighted by molar-refractivity contribution is 7.17. The maximum atomic E-state index is 12.7. The van der Waals surface area contributed by atoms with Gasteiger partial charge in [0.05, 0.1) is 33.7 Å². The fraction of sp³-hybridized carbons (Fsp3) is 0.500. The lowest BCUT2D eigenvalue weighted by atomic mass is 9.87. The molecule has 2 fully saturated rings. The lowest BCUT2D eigenvalue weighted by molar-refractivity contribution is -0.132. The molecule has 0 radical (unpaired) electrons. The molecule has 5 heterocycles. The van der Waals surface area contributed by atoms with E-state index in [1.54, 1.807) is 22.7 Å². The zero-order valence-corrected chi connectivity index (χ0v) is 17.6. The van der Waals surface area contributed by atoms with E-state index in [0.717, 1.165) is 65.6 Å². The number of hydrogen-bond donors (Lipinski definition) is 0. The lowest BCUT2D eigenvalue weighted by Crippen LogP contribution is -2.46. The summed E-state index contributed by atoms with van der Waals surface area (Å²) in [5, 5.41) is 5.20. The summed E-state index contributed by atoms with van der Waals surface area (Å²) in [5.41, 5.74) is 1.99. The third-order valence-electron chi connectivity index (χ3n) is 6.06. The summed E-state index contributed by atoms with van der Waals surface area (Å²) < 4.78 is 1.13. The molecule has 0 saturated carbocycles. The van der Waals surface area contributed by atoms with Gasteiger partial charge >= 0.3 is 0 Å². The average Bonchev–Trinajstić information content (AvgIpc) is 3.35. The number of likely N-dealkylation sites (tertiary alicyclic amines) is 1. The predicted octanol–water partition coefficient (Wildman–Crippen LogP) is 4.01. The van der Waals surface area contributed by atoms with Crippen LogP contribution in [0.1, 0.15) is 42.8 Å². The Morgan fingerprint density at radius 1 is 1.18 bits per heavy atom. The Balaban J connectivity index is 1.36. The Morgan fingerprint density at radius 2 is 2.11 bits per heavy atom. The molecule has 8 heteroatoms. The lowest BCUT2D eigenvalue weighted by Gasteiger charge is -2.38. The third-order valence-corrected chi connectivity index (χ3v) is 7.72. The number of amides is 1. The van der Waals surface area contributed by atoms with Gasteiger partial charge in [-0.25, -0.2) is 15.0 Å². The molecule has 0 aromatic carbocycles. The first-order chi connectivity index (χ1) is 13.6. The van der Waals surface area contributed by atoms with Crippen LogP contribution in [0.4, 0.5) is 5.95 Å². The van der Waals surface area contributed by atoms with Gasteiger partial charge < -0.3 is 9.80 Å². The van der Waals surface area contributed by atoms with Crippen LogP contribution in [-0.4, -0.2) is 44.4 Å². The second kappa shape index (κ2) is 7.08. The van der Waals surface area contributed by atoms with E-state index < -0.39 is 0 Å². The number of hydrogen-bond acceptors (Lipinski definition) is 7. The maximum Gasteiger partial charge on any atom is 0.225 e. The molecule has 6 nitrogen and oxygen atoms in total. The SMILES string of the molecule is Cc1nc(CN2C(=O)CCC23CCCN(c2ncc4sccc4n2)CC3)cs1. The van der Waals surface area contributed by atoms with Gasteiger partial charge in [-0.15, -0.1) is 22.7 Å². The number of thiazole rings is 1. The molecule has 1 amide bonds. The standard InChI is InChI=1S/C20H23N5OS2/c1-14-22-15(13-28-14)12-25-18(26)3-6-20(25)5-2-8-24(9-7-20)19-21-11-17-16(23-19)4-10-27-17/h4,10-11,13H,2-3,5-9,12H2,1H3. The van der Waals surface area contributed by atoms with E-state index in [4.69, 9.17) is 4.98 Å². The molecule has 0 bridgehead atoms. The number of thiophene rings is 1. The summed E-state index contributed by atoms with van der Waals surface area (Å²) >= 11 is 3.33. The highest BCUT2D eigenvalue weighted by atomic mass is 32.1. The van der Waals surface area contributed by atoms with E-state index in [0.29, 0.717) is 13.0 Å². The first kappa shape index (κ1) is 18.0. The van der Waals surface area contributed by atoms with Crippen molar-refractivity contribution in [2.75, 3.05) is 18.0 Å². The highest BCUT2D eigenvalue weighted by Crippen LogP contribution is 2.40. The average molecular weight is 414 g/mol. The molecular weight excluding hydrogens is 390 g/mol. The van der Waals surface area contributed by atoms with E-state index in [2.05, 4.69) is 36.6 Å². The first-order valence-corrected chi connectivity index (χ1v) is 11.6. The topological polar surface area (TPSA) is 62.2 Å². The largest absolute Gasteiger partial charge is 0.341 e. The van der Waals surface area contributed by atoms with Crippen molar-refractivity contribution in [3.8, 4) is 0 Å². The summed E-state index contributed by atoms with van der Waals surface area (Å²) in [5.74, 6) is 1.09. The molecule has 2 aliphatic rings. The summed E-state index contributed by atoms with van der Waals surface area (Å²) in [6, 6.07) is 2.05. The van der Waals surface area contributed by atoms with E-state index in [9.17, 15) is 4.79 Å². The van der Waals surface area contributed by atoms with Crippen LogP contribution in [0.5, 0.6) is 0 Å². The van der Waals surface area contributed by atoms with Gasteiger partial charge in [0.25, 0.3) is 0 Å². The van der Waals surface area contributed by atoms with Crippen molar-refractivity contribution in [3.63, 3.8) is 0 Å². The Labute approximate surface area is 172 Å². The molecule has 3 aromatic rings. The van der Waals surface area contributed by atoms with Crippen molar-refractivity contribution < 1.29 is 4.79 Å². The molecule has 1 unspecified atom stereocenters. The normalized spacial score (nSPS) is 23.1. The number of nitrogens with zero attached hydrogens (tertiary/aromatic N) is 5. The summed E-state index contributed by atoms with van der Waals surface area (Å²) in [6.45, 7) is 4.48. The number of carbonyl (C=O) groups is 1. The fourth-order valence-corrected chi connectivity index (χ4v) is 5.88. The van der Waals surface area contributed by atoms with Gasteiger partial charge in [0.2, 0.25) is 11.9 Å². The van der Waals surface area contributed by atoms with Crippen LogP contribution in [0, 0.1) is 6.92 Å². The van der Waals surface area contributed by atoms with Gasteiger partial charge in [-0.2, -0.15) is 0 Å². The Morgan fingerprint density at radius 3 is 2.96 bits per heavy atom. The molecule has 1 atom stereocenters. The molecule has 0 aliphatic carbocycles. The first-order valence-electron chi connectivity index (χ1n) is 9.80. The second-order valence-electron chi connectivity index (χ2n) is 7.74. The van der Waals surface area contributed by atoms with Gasteiger partial charge in [-0.1, -0.05) is 0 Å². The van der Waals surface area contributed by atoms with Crippen molar-refractivity contribution >= 4 is 44.7 Å². The fourth-order valence-electron chi connectivity index (χ4n) is 4.58. The molecule has 3 aromatic heterocycles. The number of aromatic nitrogens is 3. The zero-order chi connectivity index (χ0) is 19.1. The van der Waals surface area contributed by atoms with Gasteiger partial charge in [-0.3, -0.25) is 4.79 Å². The Hall–Kier alpha value is -2.06.